The van der Waals surface area contributed by atoms with Crippen molar-refractivity contribution in [3.63, 3.8) is 0 Å². The molecule has 2 rings (SSSR count). The van der Waals surface area contributed by atoms with E-state index in [4.69, 9.17) is 16.9 Å². The number of hydrogen-bond donors (Lipinski definition) is 1. The highest BCUT2D eigenvalue weighted by molar-refractivity contribution is 7.14. The summed E-state index contributed by atoms with van der Waals surface area (Å²) in [5, 5.41) is 14.4. The third-order valence-corrected chi connectivity index (χ3v) is 4.24. The Labute approximate surface area is 122 Å². The van der Waals surface area contributed by atoms with Crippen molar-refractivity contribution in [3.05, 3.63) is 56.7 Å². The minimum Gasteiger partial charge on any atom is -0.304 e. The van der Waals surface area contributed by atoms with Gasteiger partial charge >= 0.3 is 0 Å². The van der Waals surface area contributed by atoms with Crippen LogP contribution in [0.3, 0.4) is 0 Å². The fraction of sp³-hybridized carbons (Fsp3) is 0.267. The summed E-state index contributed by atoms with van der Waals surface area (Å²) >= 11 is 7.50. The lowest BCUT2D eigenvalue weighted by Crippen LogP contribution is -2.22. The first-order chi connectivity index (χ1) is 9.10. The van der Waals surface area contributed by atoms with Crippen LogP contribution in [-0.2, 0) is 0 Å². The molecule has 0 spiro atoms. The van der Waals surface area contributed by atoms with E-state index in [1.165, 1.54) is 11.1 Å². The highest BCUT2D eigenvalue weighted by Crippen LogP contribution is 2.26. The number of hydrogen-bond acceptors (Lipinski definition) is 3. The average Bonchev–Trinajstić information content (AvgIpc) is 2.85. The van der Waals surface area contributed by atoms with Crippen LogP contribution < -0.4 is 5.32 Å². The molecule has 2 nitrogen and oxygen atoms in total. The third-order valence-electron chi connectivity index (χ3n) is 3.13. The Kier molecular flexibility index (Phi) is 4.60. The van der Waals surface area contributed by atoms with Crippen LogP contribution in [0, 0.1) is 11.3 Å². The molecule has 0 aliphatic rings. The number of thiophene rings is 1. The van der Waals surface area contributed by atoms with Crippen molar-refractivity contribution in [3.8, 4) is 6.07 Å². The van der Waals surface area contributed by atoms with Crippen molar-refractivity contribution >= 4 is 22.9 Å². The van der Waals surface area contributed by atoms with Gasteiger partial charge in [0.1, 0.15) is 0 Å². The number of nitrogens with one attached hydrogen (secondary N) is 1. The van der Waals surface area contributed by atoms with Gasteiger partial charge in [-0.2, -0.15) is 5.26 Å². The minimum atomic E-state index is 0.224. The Morgan fingerprint density at radius 2 is 1.79 bits per heavy atom. The standard InChI is InChI=1S/C15H15ClN2S/c1-10(13-5-3-12(8-17)4-6-13)18-11(2)14-7-15(16)19-9-14/h3-7,9-11,18H,1-2H3. The molecule has 1 aromatic heterocycles. The van der Waals surface area contributed by atoms with Gasteiger partial charge in [0.25, 0.3) is 0 Å². The molecule has 1 N–H and O–H groups in total. The molecule has 98 valence electrons. The Hall–Kier alpha value is -1.34. The normalized spacial score (nSPS) is 13.8. The molecule has 1 heterocycles. The monoisotopic (exact) mass is 290 g/mol. The van der Waals surface area contributed by atoms with E-state index in [9.17, 15) is 0 Å². The predicted octanol–water partition coefficient (Wildman–Crippen LogP) is 4.68. The van der Waals surface area contributed by atoms with Crippen molar-refractivity contribution in [1.82, 2.24) is 5.32 Å². The van der Waals surface area contributed by atoms with E-state index in [0.29, 0.717) is 5.56 Å². The molecule has 0 aliphatic heterocycles. The molecule has 4 heteroatoms. The summed E-state index contributed by atoms with van der Waals surface area (Å²) in [5.74, 6) is 0. The molecule has 0 radical (unpaired) electrons. The van der Waals surface area contributed by atoms with Crippen LogP contribution in [0.4, 0.5) is 0 Å². The largest absolute Gasteiger partial charge is 0.304 e. The van der Waals surface area contributed by atoms with E-state index in [1.54, 1.807) is 11.3 Å². The van der Waals surface area contributed by atoms with Gasteiger partial charge in [-0.3, -0.25) is 0 Å². The van der Waals surface area contributed by atoms with Gasteiger partial charge in [0.15, 0.2) is 0 Å². The van der Waals surface area contributed by atoms with Crippen molar-refractivity contribution in [1.29, 1.82) is 5.26 Å². The van der Waals surface area contributed by atoms with Crippen LogP contribution in [0.25, 0.3) is 0 Å². The topological polar surface area (TPSA) is 35.8 Å². The van der Waals surface area contributed by atoms with Crippen LogP contribution in [0.2, 0.25) is 4.34 Å². The fourth-order valence-electron chi connectivity index (χ4n) is 1.96. The predicted molar refractivity (Wildman–Crippen MR) is 80.5 cm³/mol. The average molecular weight is 291 g/mol. The summed E-state index contributed by atoms with van der Waals surface area (Å²) in [4.78, 5) is 0. The first kappa shape index (κ1) is 14.1. The number of rotatable bonds is 4. The van der Waals surface area contributed by atoms with Gasteiger partial charge in [-0.25, -0.2) is 0 Å². The molecule has 2 atom stereocenters. The van der Waals surface area contributed by atoms with E-state index in [1.807, 2.05) is 30.3 Å². The zero-order valence-electron chi connectivity index (χ0n) is 10.9. The Morgan fingerprint density at radius 1 is 1.16 bits per heavy atom. The molecular weight excluding hydrogens is 276 g/mol. The molecule has 0 bridgehead atoms. The maximum Gasteiger partial charge on any atom is 0.0991 e. The molecule has 1 aromatic carbocycles. The lowest BCUT2D eigenvalue weighted by atomic mass is 10.0. The van der Waals surface area contributed by atoms with E-state index in [2.05, 4.69) is 30.6 Å². The van der Waals surface area contributed by atoms with Crippen LogP contribution in [-0.4, -0.2) is 0 Å². The third kappa shape index (κ3) is 3.57. The maximum atomic E-state index is 8.79. The van der Waals surface area contributed by atoms with Crippen LogP contribution in [0.5, 0.6) is 0 Å². The first-order valence-corrected chi connectivity index (χ1v) is 7.36. The second-order valence-electron chi connectivity index (χ2n) is 4.53. The minimum absolute atomic E-state index is 0.224. The van der Waals surface area contributed by atoms with Gasteiger partial charge in [0.2, 0.25) is 0 Å². The van der Waals surface area contributed by atoms with Crippen molar-refractivity contribution in [2.75, 3.05) is 0 Å². The summed E-state index contributed by atoms with van der Waals surface area (Å²) in [6, 6.07) is 12.3. The zero-order chi connectivity index (χ0) is 13.8. The fourth-order valence-corrected chi connectivity index (χ4v) is 2.95. The maximum absolute atomic E-state index is 8.79. The van der Waals surface area contributed by atoms with Gasteiger partial charge in [0, 0.05) is 12.1 Å². The smallest absolute Gasteiger partial charge is 0.0991 e. The SMILES string of the molecule is CC(NC(C)c1csc(Cl)c1)c1ccc(C#N)cc1. The van der Waals surface area contributed by atoms with Gasteiger partial charge in [-0.05, 0) is 48.6 Å². The highest BCUT2D eigenvalue weighted by atomic mass is 35.5. The Morgan fingerprint density at radius 3 is 2.32 bits per heavy atom. The summed E-state index contributed by atoms with van der Waals surface area (Å²) < 4.78 is 0.815. The second kappa shape index (κ2) is 6.21. The van der Waals surface area contributed by atoms with Gasteiger partial charge in [0.05, 0.1) is 16.0 Å². The van der Waals surface area contributed by atoms with Crippen LogP contribution in [0.15, 0.2) is 35.7 Å². The Bertz CT molecular complexity index is 583. The summed E-state index contributed by atoms with van der Waals surface area (Å²) in [6.45, 7) is 4.24. The number of nitrogens with zero attached hydrogens (tertiary/aromatic N) is 1. The number of benzene rings is 1. The van der Waals surface area contributed by atoms with Crippen LogP contribution >= 0.6 is 22.9 Å². The van der Waals surface area contributed by atoms with E-state index < -0.39 is 0 Å². The number of nitriles is 1. The van der Waals surface area contributed by atoms with E-state index in [-0.39, 0.29) is 12.1 Å². The summed E-state index contributed by atoms with van der Waals surface area (Å²) in [6.07, 6.45) is 0. The second-order valence-corrected chi connectivity index (χ2v) is 6.07. The van der Waals surface area contributed by atoms with Gasteiger partial charge in [-0.15, -0.1) is 11.3 Å². The zero-order valence-corrected chi connectivity index (χ0v) is 12.4. The highest BCUT2D eigenvalue weighted by Gasteiger charge is 2.12. The number of halogens is 1. The Balaban J connectivity index is 2.04. The van der Waals surface area contributed by atoms with Crippen molar-refractivity contribution in [2.45, 2.75) is 25.9 Å². The lowest BCUT2D eigenvalue weighted by molar-refractivity contribution is 0.495. The van der Waals surface area contributed by atoms with Gasteiger partial charge < -0.3 is 5.32 Å². The molecule has 0 aliphatic carbocycles. The van der Waals surface area contributed by atoms with E-state index in [0.717, 1.165) is 4.34 Å². The van der Waals surface area contributed by atoms with Gasteiger partial charge in [-0.1, -0.05) is 23.7 Å². The molecular formula is C15H15ClN2S. The van der Waals surface area contributed by atoms with E-state index >= 15 is 0 Å². The quantitative estimate of drug-likeness (QED) is 0.887. The molecule has 2 unspecified atom stereocenters. The van der Waals surface area contributed by atoms with Crippen molar-refractivity contribution in [2.24, 2.45) is 0 Å². The molecule has 19 heavy (non-hydrogen) atoms. The molecule has 0 saturated carbocycles. The summed E-state index contributed by atoms with van der Waals surface area (Å²) in [5.41, 5.74) is 3.07. The molecule has 0 amide bonds. The molecule has 0 saturated heterocycles. The van der Waals surface area contributed by atoms with Crippen molar-refractivity contribution < 1.29 is 0 Å². The summed E-state index contributed by atoms with van der Waals surface area (Å²) in [7, 11) is 0. The van der Waals surface area contributed by atoms with Crippen LogP contribution in [0.1, 0.15) is 42.6 Å². The molecule has 2 aromatic rings. The molecule has 0 fully saturated rings. The lowest BCUT2D eigenvalue weighted by Gasteiger charge is -2.19. The first-order valence-electron chi connectivity index (χ1n) is 6.10.